The van der Waals surface area contributed by atoms with Gasteiger partial charge in [0.2, 0.25) is 11.2 Å². The van der Waals surface area contributed by atoms with Gasteiger partial charge in [-0.1, -0.05) is 0 Å². The van der Waals surface area contributed by atoms with Crippen LogP contribution in [0.1, 0.15) is 62.3 Å². The number of halogens is 1. The summed E-state index contributed by atoms with van der Waals surface area (Å²) in [5.41, 5.74) is 4.71. The molecule has 0 N–H and O–H groups in total. The van der Waals surface area contributed by atoms with Crippen molar-refractivity contribution in [3.8, 4) is 0 Å². The zero-order chi connectivity index (χ0) is 22.2. The highest BCUT2D eigenvalue weighted by Crippen LogP contribution is 2.39. The summed E-state index contributed by atoms with van der Waals surface area (Å²) >= 11 is 6.21. The van der Waals surface area contributed by atoms with Crippen molar-refractivity contribution in [3.05, 3.63) is 41.2 Å². The van der Waals surface area contributed by atoms with Gasteiger partial charge in [-0.3, -0.25) is 9.97 Å². The van der Waals surface area contributed by atoms with Crippen molar-refractivity contribution in [2.24, 2.45) is 5.92 Å². The van der Waals surface area contributed by atoms with Crippen LogP contribution < -0.4 is 9.80 Å². The lowest BCUT2D eigenvalue weighted by molar-refractivity contribution is 0.401. The number of piperidine rings is 2. The molecule has 2 aromatic heterocycles. The van der Waals surface area contributed by atoms with Gasteiger partial charge in [0.1, 0.15) is 5.82 Å². The molecule has 1 saturated carbocycles. The van der Waals surface area contributed by atoms with E-state index in [1.54, 1.807) is 6.20 Å². The largest absolute Gasteiger partial charge is 0.371 e. The van der Waals surface area contributed by atoms with E-state index in [2.05, 4.69) is 36.9 Å². The quantitative estimate of drug-likeness (QED) is 0.538. The topological polar surface area (TPSA) is 70.9 Å². The molecule has 3 fully saturated rings. The lowest BCUT2D eigenvalue weighted by Gasteiger charge is -2.33. The number of rotatable bonds is 5. The Morgan fingerprint density at radius 1 is 0.818 bits per heavy atom. The zero-order valence-corrected chi connectivity index (χ0v) is 19.7. The highest BCUT2D eigenvalue weighted by Gasteiger charge is 2.29. The Bertz CT molecular complexity index is 1130. The second-order valence-corrected chi connectivity index (χ2v) is 10.1. The van der Waals surface area contributed by atoms with Crippen LogP contribution in [-0.4, -0.2) is 51.1 Å². The van der Waals surface area contributed by atoms with Crippen molar-refractivity contribution in [1.82, 2.24) is 24.9 Å². The van der Waals surface area contributed by atoms with Gasteiger partial charge in [0, 0.05) is 50.2 Å². The molecule has 2 saturated heterocycles. The highest BCUT2D eigenvalue weighted by atomic mass is 35.5. The number of anilines is 2. The van der Waals surface area contributed by atoms with E-state index < -0.39 is 0 Å². The molecule has 33 heavy (non-hydrogen) atoms. The Morgan fingerprint density at radius 3 is 2.39 bits per heavy atom. The Balaban J connectivity index is 1.18. The molecule has 2 aliphatic heterocycles. The SMILES string of the molecule is Clc1nc(C2CC2)nc(N2CCC(Cc3cc(N4CCCCC4)cc4nccnc34)CC2)n1. The van der Waals surface area contributed by atoms with Gasteiger partial charge in [-0.2, -0.15) is 9.97 Å². The van der Waals surface area contributed by atoms with Gasteiger partial charge in [0.15, 0.2) is 0 Å². The average Bonchev–Trinajstić information content (AvgIpc) is 3.70. The number of hydrogen-bond acceptors (Lipinski definition) is 7. The van der Waals surface area contributed by atoms with Crippen molar-refractivity contribution >= 4 is 34.3 Å². The summed E-state index contributed by atoms with van der Waals surface area (Å²) in [6, 6.07) is 4.60. The summed E-state index contributed by atoms with van der Waals surface area (Å²) in [4.78, 5) is 27.6. The summed E-state index contributed by atoms with van der Waals surface area (Å²) < 4.78 is 0. The van der Waals surface area contributed by atoms with Crippen molar-refractivity contribution in [2.75, 3.05) is 36.0 Å². The maximum Gasteiger partial charge on any atom is 0.229 e. The molecule has 4 heterocycles. The molecule has 6 rings (SSSR count). The Labute approximate surface area is 199 Å². The molecule has 3 aliphatic rings. The van der Waals surface area contributed by atoms with Crippen LogP contribution in [0.5, 0.6) is 0 Å². The Kier molecular flexibility index (Phi) is 5.74. The van der Waals surface area contributed by atoms with Crippen molar-refractivity contribution in [1.29, 1.82) is 0 Å². The summed E-state index contributed by atoms with van der Waals surface area (Å²) in [6.45, 7) is 4.18. The number of nitrogens with zero attached hydrogens (tertiary/aromatic N) is 7. The fourth-order valence-electron chi connectivity index (χ4n) is 5.29. The second-order valence-electron chi connectivity index (χ2n) is 9.75. The van der Waals surface area contributed by atoms with Gasteiger partial charge < -0.3 is 9.80 Å². The minimum Gasteiger partial charge on any atom is -0.371 e. The van der Waals surface area contributed by atoms with Crippen LogP contribution in [0, 0.1) is 5.92 Å². The molecule has 172 valence electrons. The molecular weight excluding hydrogens is 434 g/mol. The molecular formula is C25H30ClN7. The Morgan fingerprint density at radius 2 is 1.61 bits per heavy atom. The van der Waals surface area contributed by atoms with Gasteiger partial charge in [0.25, 0.3) is 0 Å². The summed E-state index contributed by atoms with van der Waals surface area (Å²) in [5.74, 6) is 2.71. The van der Waals surface area contributed by atoms with Crippen molar-refractivity contribution < 1.29 is 0 Å². The van der Waals surface area contributed by atoms with E-state index in [1.165, 1.54) is 30.5 Å². The van der Waals surface area contributed by atoms with Gasteiger partial charge in [-0.05, 0) is 86.6 Å². The van der Waals surface area contributed by atoms with E-state index in [-0.39, 0.29) is 0 Å². The maximum absolute atomic E-state index is 6.21. The molecule has 0 amide bonds. The van der Waals surface area contributed by atoms with Crippen molar-refractivity contribution in [3.63, 3.8) is 0 Å². The predicted molar refractivity (Wildman–Crippen MR) is 131 cm³/mol. The molecule has 0 atom stereocenters. The van der Waals surface area contributed by atoms with E-state index in [0.717, 1.165) is 81.1 Å². The van der Waals surface area contributed by atoms with Gasteiger partial charge in [-0.15, -0.1) is 0 Å². The van der Waals surface area contributed by atoms with Crippen LogP contribution in [0.3, 0.4) is 0 Å². The van der Waals surface area contributed by atoms with E-state index in [0.29, 0.717) is 17.1 Å². The first kappa shape index (κ1) is 21.0. The van der Waals surface area contributed by atoms with Crippen LogP contribution in [0.15, 0.2) is 24.5 Å². The lowest BCUT2D eigenvalue weighted by atomic mass is 9.89. The van der Waals surface area contributed by atoms with E-state index in [4.69, 9.17) is 21.6 Å². The standard InChI is InChI=1S/C25H30ClN7/c26-24-29-23(18-4-5-18)30-25(31-24)33-12-6-17(7-13-33)14-19-15-20(32-10-2-1-3-11-32)16-21-22(19)28-9-8-27-21/h8-9,15-18H,1-7,10-14H2. The molecule has 1 aliphatic carbocycles. The van der Waals surface area contributed by atoms with Crippen molar-refractivity contribution in [2.45, 2.75) is 57.3 Å². The predicted octanol–water partition coefficient (Wildman–Crippen LogP) is 4.80. The first-order valence-corrected chi connectivity index (χ1v) is 12.8. The molecule has 0 unspecified atom stereocenters. The summed E-state index contributed by atoms with van der Waals surface area (Å²) in [7, 11) is 0. The monoisotopic (exact) mass is 463 g/mol. The van der Waals surface area contributed by atoms with Crippen LogP contribution in [-0.2, 0) is 6.42 Å². The van der Waals surface area contributed by atoms with Gasteiger partial charge in [-0.25, -0.2) is 4.98 Å². The third-order valence-electron chi connectivity index (χ3n) is 7.32. The molecule has 0 radical (unpaired) electrons. The molecule has 8 heteroatoms. The minimum atomic E-state index is 0.323. The van der Waals surface area contributed by atoms with Crippen LogP contribution >= 0.6 is 11.6 Å². The number of benzene rings is 1. The summed E-state index contributed by atoms with van der Waals surface area (Å²) in [6.07, 6.45) is 13.1. The smallest absolute Gasteiger partial charge is 0.229 e. The van der Waals surface area contributed by atoms with Gasteiger partial charge >= 0.3 is 0 Å². The van der Waals surface area contributed by atoms with E-state index in [1.807, 2.05) is 6.20 Å². The van der Waals surface area contributed by atoms with Crippen LogP contribution in [0.4, 0.5) is 11.6 Å². The molecule has 0 spiro atoms. The van der Waals surface area contributed by atoms with Crippen LogP contribution in [0.2, 0.25) is 5.28 Å². The third-order valence-corrected chi connectivity index (χ3v) is 7.49. The maximum atomic E-state index is 6.21. The fourth-order valence-corrected chi connectivity index (χ4v) is 5.45. The summed E-state index contributed by atoms with van der Waals surface area (Å²) in [5, 5.41) is 0.323. The highest BCUT2D eigenvalue weighted by molar-refractivity contribution is 6.28. The number of hydrogen-bond donors (Lipinski definition) is 0. The van der Waals surface area contributed by atoms with E-state index >= 15 is 0 Å². The lowest BCUT2D eigenvalue weighted by Crippen LogP contribution is -2.35. The van der Waals surface area contributed by atoms with Gasteiger partial charge in [0.05, 0.1) is 11.0 Å². The molecule has 0 bridgehead atoms. The normalized spacial score (nSPS) is 19.9. The average molecular weight is 464 g/mol. The molecule has 3 aromatic rings. The molecule has 1 aromatic carbocycles. The fraction of sp³-hybridized carbons (Fsp3) is 0.560. The Hall–Kier alpha value is -2.54. The van der Waals surface area contributed by atoms with Crippen LogP contribution in [0.25, 0.3) is 11.0 Å². The number of fused-ring (bicyclic) bond motifs is 1. The third kappa shape index (κ3) is 4.60. The minimum absolute atomic E-state index is 0.323. The van der Waals surface area contributed by atoms with E-state index in [9.17, 15) is 0 Å². The second kappa shape index (κ2) is 9.01. The molecule has 7 nitrogen and oxygen atoms in total. The first-order chi connectivity index (χ1) is 16.2. The zero-order valence-electron chi connectivity index (χ0n) is 19.0. The number of aromatic nitrogens is 5. The first-order valence-electron chi connectivity index (χ1n) is 12.4.